The van der Waals surface area contributed by atoms with Gasteiger partial charge < -0.3 is 14.1 Å². The van der Waals surface area contributed by atoms with Crippen molar-refractivity contribution in [2.45, 2.75) is 33.8 Å². The van der Waals surface area contributed by atoms with Crippen LogP contribution in [0.15, 0.2) is 34.8 Å². The molecule has 0 aliphatic carbocycles. The Kier molecular flexibility index (Phi) is 5.26. The van der Waals surface area contributed by atoms with Gasteiger partial charge in [0.1, 0.15) is 5.52 Å². The topological polar surface area (TPSA) is 102 Å². The van der Waals surface area contributed by atoms with E-state index in [1.807, 2.05) is 12.1 Å². The number of rotatable bonds is 6. The van der Waals surface area contributed by atoms with Crippen LogP contribution in [0.2, 0.25) is 0 Å². The molecule has 3 rings (SSSR count). The molecule has 2 aromatic heterocycles. The third-order valence-electron chi connectivity index (χ3n) is 4.37. The van der Waals surface area contributed by atoms with Gasteiger partial charge in [0.15, 0.2) is 17.5 Å². The van der Waals surface area contributed by atoms with Crippen LogP contribution in [-0.4, -0.2) is 33.6 Å². The number of Topliss-reactive ketones (excluding diaryl/α,β-unsaturated/α-hetero) is 2. The molecular weight excluding hydrogens is 360 g/mol. The Bertz CT molecular complexity index is 1070. The number of aryl methyl sites for hydroxylation is 1. The number of esters is 1. The van der Waals surface area contributed by atoms with E-state index in [9.17, 15) is 14.4 Å². The van der Waals surface area contributed by atoms with E-state index in [-0.39, 0.29) is 17.4 Å². The molecule has 1 aromatic carbocycles. The first-order chi connectivity index (χ1) is 13.3. The van der Waals surface area contributed by atoms with Crippen molar-refractivity contribution in [3.8, 4) is 0 Å². The van der Waals surface area contributed by atoms with Gasteiger partial charge in [-0.25, -0.2) is 9.78 Å². The molecule has 0 spiro atoms. The number of ketones is 2. The fourth-order valence-electron chi connectivity index (χ4n) is 3.10. The summed E-state index contributed by atoms with van der Waals surface area (Å²) in [5, 5.41) is 0. The maximum absolute atomic E-state index is 12.6. The number of benzene rings is 1. The molecular formula is C21H20N2O5. The lowest BCUT2D eigenvalue weighted by Crippen LogP contribution is -2.24. The smallest absolute Gasteiger partial charge is 0.331 e. The monoisotopic (exact) mass is 380 g/mol. The molecule has 0 saturated heterocycles. The van der Waals surface area contributed by atoms with Gasteiger partial charge in [-0.2, -0.15) is 0 Å². The van der Waals surface area contributed by atoms with Crippen LogP contribution >= 0.6 is 0 Å². The zero-order valence-corrected chi connectivity index (χ0v) is 16.0. The number of aromatic amines is 1. The lowest BCUT2D eigenvalue weighted by Gasteiger charge is -2.10. The van der Waals surface area contributed by atoms with Crippen molar-refractivity contribution in [2.24, 2.45) is 0 Å². The number of oxazole rings is 1. The highest BCUT2D eigenvalue weighted by molar-refractivity contribution is 6.05. The number of para-hydroxylation sites is 2. The summed E-state index contributed by atoms with van der Waals surface area (Å²) in [5.41, 5.74) is 3.21. The molecule has 0 fully saturated rings. The van der Waals surface area contributed by atoms with E-state index >= 15 is 0 Å². The summed E-state index contributed by atoms with van der Waals surface area (Å²) in [6, 6.07) is 7.23. The maximum Gasteiger partial charge on any atom is 0.331 e. The fraction of sp³-hybridized carbons (Fsp3) is 0.238. The van der Waals surface area contributed by atoms with E-state index < -0.39 is 17.9 Å². The zero-order valence-electron chi connectivity index (χ0n) is 16.0. The van der Waals surface area contributed by atoms with Gasteiger partial charge in [-0.15, -0.1) is 0 Å². The number of fused-ring (bicyclic) bond motifs is 1. The fourth-order valence-corrected chi connectivity index (χ4v) is 3.10. The molecule has 144 valence electrons. The molecule has 0 bridgehead atoms. The van der Waals surface area contributed by atoms with Gasteiger partial charge in [0.25, 0.3) is 0 Å². The minimum absolute atomic E-state index is 0.129. The summed E-state index contributed by atoms with van der Waals surface area (Å²) in [4.78, 5) is 43.5. The predicted molar refractivity (Wildman–Crippen MR) is 103 cm³/mol. The van der Waals surface area contributed by atoms with Crippen LogP contribution in [0.5, 0.6) is 0 Å². The van der Waals surface area contributed by atoms with Crippen molar-refractivity contribution in [3.05, 3.63) is 58.7 Å². The molecule has 7 heteroatoms. The molecule has 1 atom stereocenters. The molecule has 3 aromatic rings. The maximum atomic E-state index is 12.6. The van der Waals surface area contributed by atoms with Gasteiger partial charge >= 0.3 is 5.97 Å². The summed E-state index contributed by atoms with van der Waals surface area (Å²) >= 11 is 0. The Morgan fingerprint density at radius 2 is 1.93 bits per heavy atom. The number of H-pyrrole nitrogens is 1. The molecule has 0 amide bonds. The van der Waals surface area contributed by atoms with Crippen LogP contribution in [0.25, 0.3) is 17.2 Å². The van der Waals surface area contributed by atoms with Gasteiger partial charge in [0.05, 0.1) is 5.69 Å². The number of hydrogen-bond acceptors (Lipinski definition) is 6. The standard InChI is InChI=1S/C21H20N2O5/c1-11-19(13(3)24)12(2)22-20(11)21(26)14(4)27-18(25)10-9-17-23-15-7-5-6-8-16(15)28-17/h5-10,14,22H,1-4H3/b10-9+/t14-/m1/s1. The van der Waals surface area contributed by atoms with E-state index in [0.717, 1.165) is 6.08 Å². The SMILES string of the molecule is CC(=O)c1c(C)[nH]c(C(=O)[C@@H](C)OC(=O)/C=C/c2nc3ccccc3o2)c1C. The molecule has 0 radical (unpaired) electrons. The van der Waals surface area contributed by atoms with Gasteiger partial charge in [-0.05, 0) is 45.4 Å². The number of carbonyl (C=O) groups excluding carboxylic acids is 3. The second-order valence-corrected chi connectivity index (χ2v) is 6.48. The van der Waals surface area contributed by atoms with Gasteiger partial charge in [-0.3, -0.25) is 9.59 Å². The number of carbonyl (C=O) groups is 3. The largest absolute Gasteiger partial charge is 0.451 e. The van der Waals surface area contributed by atoms with Crippen molar-refractivity contribution in [1.82, 2.24) is 9.97 Å². The molecule has 0 unspecified atom stereocenters. The van der Waals surface area contributed by atoms with Gasteiger partial charge in [-0.1, -0.05) is 12.1 Å². The zero-order chi connectivity index (χ0) is 20.4. The van der Waals surface area contributed by atoms with Crippen LogP contribution in [0.1, 0.15) is 51.8 Å². The van der Waals surface area contributed by atoms with Crippen molar-refractivity contribution in [3.63, 3.8) is 0 Å². The Morgan fingerprint density at radius 3 is 2.57 bits per heavy atom. The van der Waals surface area contributed by atoms with Crippen LogP contribution in [0.3, 0.4) is 0 Å². The molecule has 7 nitrogen and oxygen atoms in total. The van der Waals surface area contributed by atoms with Crippen LogP contribution in [0.4, 0.5) is 0 Å². The van der Waals surface area contributed by atoms with Crippen LogP contribution in [0, 0.1) is 13.8 Å². The minimum atomic E-state index is -1.02. The normalized spacial score (nSPS) is 12.4. The highest BCUT2D eigenvalue weighted by atomic mass is 16.5. The lowest BCUT2D eigenvalue weighted by atomic mass is 10.0. The quantitative estimate of drug-likeness (QED) is 0.396. The van der Waals surface area contributed by atoms with E-state index in [1.54, 1.807) is 26.0 Å². The number of ether oxygens (including phenoxy) is 1. The highest BCUT2D eigenvalue weighted by Crippen LogP contribution is 2.20. The highest BCUT2D eigenvalue weighted by Gasteiger charge is 2.25. The van der Waals surface area contributed by atoms with Gasteiger partial charge in [0, 0.05) is 23.4 Å². The van der Waals surface area contributed by atoms with Gasteiger partial charge in [0.2, 0.25) is 11.7 Å². The Labute approximate surface area is 161 Å². The minimum Gasteiger partial charge on any atom is -0.451 e. The molecule has 0 aliphatic rings. The second-order valence-electron chi connectivity index (χ2n) is 6.48. The third kappa shape index (κ3) is 3.78. The first-order valence-electron chi connectivity index (χ1n) is 8.76. The molecule has 0 aliphatic heterocycles. The molecule has 0 saturated carbocycles. The first kappa shape index (κ1) is 19.3. The van der Waals surface area contributed by atoms with Crippen LogP contribution < -0.4 is 0 Å². The Morgan fingerprint density at radius 1 is 1.21 bits per heavy atom. The number of aromatic nitrogens is 2. The summed E-state index contributed by atoms with van der Waals surface area (Å²) in [6.45, 7) is 6.34. The second kappa shape index (κ2) is 7.64. The van der Waals surface area contributed by atoms with E-state index in [0.29, 0.717) is 27.9 Å². The van der Waals surface area contributed by atoms with Crippen molar-refractivity contribution >= 4 is 34.7 Å². The number of nitrogens with zero attached hydrogens (tertiary/aromatic N) is 1. The molecule has 28 heavy (non-hydrogen) atoms. The average molecular weight is 380 g/mol. The Balaban J connectivity index is 1.69. The summed E-state index contributed by atoms with van der Waals surface area (Å²) in [5.74, 6) is -0.970. The van der Waals surface area contributed by atoms with Crippen molar-refractivity contribution < 1.29 is 23.5 Å². The predicted octanol–water partition coefficient (Wildman–Crippen LogP) is 3.80. The molecule has 1 N–H and O–H groups in total. The lowest BCUT2D eigenvalue weighted by molar-refractivity contribution is -0.140. The van der Waals surface area contributed by atoms with Crippen LogP contribution in [-0.2, 0) is 9.53 Å². The molecule has 2 heterocycles. The number of nitrogens with one attached hydrogen (secondary N) is 1. The van der Waals surface area contributed by atoms with Crippen molar-refractivity contribution in [2.75, 3.05) is 0 Å². The number of hydrogen-bond donors (Lipinski definition) is 1. The van der Waals surface area contributed by atoms with E-state index in [4.69, 9.17) is 9.15 Å². The van der Waals surface area contributed by atoms with E-state index in [1.165, 1.54) is 19.9 Å². The summed E-state index contributed by atoms with van der Waals surface area (Å²) in [7, 11) is 0. The third-order valence-corrected chi connectivity index (χ3v) is 4.37. The van der Waals surface area contributed by atoms with E-state index in [2.05, 4.69) is 9.97 Å². The summed E-state index contributed by atoms with van der Waals surface area (Å²) < 4.78 is 10.7. The first-order valence-corrected chi connectivity index (χ1v) is 8.76. The van der Waals surface area contributed by atoms with Crippen molar-refractivity contribution in [1.29, 1.82) is 0 Å². The summed E-state index contributed by atoms with van der Waals surface area (Å²) in [6.07, 6.45) is 1.53. The average Bonchev–Trinajstić information content (AvgIpc) is 3.19. The Hall–Kier alpha value is -3.48.